The molecule has 0 atom stereocenters. The molecule has 162 valence electrons. The zero-order chi connectivity index (χ0) is 22.4. The third-order valence-corrected chi connectivity index (χ3v) is 5.85. The van der Waals surface area contributed by atoms with Crippen molar-refractivity contribution in [3.63, 3.8) is 0 Å². The number of ether oxygens (including phenoxy) is 1. The van der Waals surface area contributed by atoms with Crippen LogP contribution in [0, 0.1) is 0 Å². The summed E-state index contributed by atoms with van der Waals surface area (Å²) in [6.07, 6.45) is 1.86. The smallest absolute Gasteiger partial charge is 0.332 e. The first kappa shape index (κ1) is 20.3. The molecule has 0 aliphatic heterocycles. The summed E-state index contributed by atoms with van der Waals surface area (Å²) in [4.78, 5) is 30.8. The summed E-state index contributed by atoms with van der Waals surface area (Å²) < 4.78 is 11.3. The maximum Gasteiger partial charge on any atom is 0.332 e. The van der Waals surface area contributed by atoms with E-state index in [1.807, 2.05) is 59.3 Å². The molecule has 0 saturated carbocycles. The van der Waals surface area contributed by atoms with Gasteiger partial charge in [0, 0.05) is 25.9 Å². The summed E-state index contributed by atoms with van der Waals surface area (Å²) in [5.41, 5.74) is 2.26. The summed E-state index contributed by atoms with van der Waals surface area (Å²) >= 11 is 6.55. The molecule has 8 nitrogen and oxygen atoms in total. The molecule has 0 fully saturated rings. The van der Waals surface area contributed by atoms with E-state index < -0.39 is 11.2 Å². The fourth-order valence-electron chi connectivity index (χ4n) is 3.96. The van der Waals surface area contributed by atoms with Gasteiger partial charge in [-0.25, -0.2) is 4.79 Å². The quantitative estimate of drug-likeness (QED) is 0.413. The summed E-state index contributed by atoms with van der Waals surface area (Å²) in [5.74, 6) is 0.489. The van der Waals surface area contributed by atoms with Crippen molar-refractivity contribution < 1.29 is 4.74 Å². The minimum absolute atomic E-state index is 0.155. The molecule has 0 saturated heterocycles. The molecule has 2 aromatic carbocycles. The van der Waals surface area contributed by atoms with Crippen molar-refractivity contribution in [3.8, 4) is 16.9 Å². The molecule has 0 aliphatic rings. The molecule has 3 heterocycles. The largest absolute Gasteiger partial charge is 0.383 e. The number of halogens is 1. The van der Waals surface area contributed by atoms with Gasteiger partial charge >= 0.3 is 5.69 Å². The number of benzene rings is 2. The minimum atomic E-state index is -0.437. The Kier molecular flexibility index (Phi) is 4.96. The standard InChI is InChI=1S/C23H20ClN5O3/c1-26-20-19(21(30)27(23(26)31)12-13-32-2)28-14-18(15-8-4-3-5-9-15)29(22(28)25-20)17-11-7-6-10-16(17)24/h3-11,14H,12-13H2,1-2H3. The highest BCUT2D eigenvalue weighted by molar-refractivity contribution is 6.32. The first-order valence-corrected chi connectivity index (χ1v) is 10.4. The number of hydrogen-bond acceptors (Lipinski definition) is 4. The van der Waals surface area contributed by atoms with E-state index in [4.69, 9.17) is 21.3 Å². The number of rotatable bonds is 5. The highest BCUT2D eigenvalue weighted by Gasteiger charge is 2.23. The van der Waals surface area contributed by atoms with E-state index in [1.54, 1.807) is 17.5 Å². The maximum absolute atomic E-state index is 13.3. The van der Waals surface area contributed by atoms with Crippen molar-refractivity contribution in [2.24, 2.45) is 7.05 Å². The Morgan fingerprint density at radius 1 is 1.03 bits per heavy atom. The molecule has 5 rings (SSSR count). The van der Waals surface area contributed by atoms with Crippen LogP contribution in [-0.4, -0.2) is 36.8 Å². The van der Waals surface area contributed by atoms with Crippen LogP contribution < -0.4 is 11.2 Å². The molecule has 0 N–H and O–H groups in total. The third kappa shape index (κ3) is 2.99. The van der Waals surface area contributed by atoms with Gasteiger partial charge in [-0.2, -0.15) is 4.98 Å². The van der Waals surface area contributed by atoms with Crippen molar-refractivity contribution in [2.75, 3.05) is 13.7 Å². The molecule has 0 unspecified atom stereocenters. The van der Waals surface area contributed by atoms with Crippen LogP contribution >= 0.6 is 11.6 Å². The van der Waals surface area contributed by atoms with Gasteiger partial charge < -0.3 is 4.74 Å². The Morgan fingerprint density at radius 3 is 2.47 bits per heavy atom. The summed E-state index contributed by atoms with van der Waals surface area (Å²) in [6, 6.07) is 17.2. The lowest BCUT2D eigenvalue weighted by atomic mass is 10.1. The Morgan fingerprint density at radius 2 is 1.75 bits per heavy atom. The molecular weight excluding hydrogens is 430 g/mol. The molecule has 0 bridgehead atoms. The van der Waals surface area contributed by atoms with Gasteiger partial charge in [-0.15, -0.1) is 0 Å². The number of nitrogens with zero attached hydrogens (tertiary/aromatic N) is 5. The van der Waals surface area contributed by atoms with Crippen LogP contribution in [0.4, 0.5) is 0 Å². The maximum atomic E-state index is 13.3. The van der Waals surface area contributed by atoms with Gasteiger partial charge in [0.2, 0.25) is 5.78 Å². The lowest BCUT2D eigenvalue weighted by Gasteiger charge is -2.10. The van der Waals surface area contributed by atoms with Crippen molar-refractivity contribution in [1.29, 1.82) is 0 Å². The van der Waals surface area contributed by atoms with Gasteiger partial charge in [-0.05, 0) is 12.1 Å². The molecular formula is C23H20ClN5O3. The predicted octanol–water partition coefficient (Wildman–Crippen LogP) is 3.11. The lowest BCUT2D eigenvalue weighted by Crippen LogP contribution is -2.40. The van der Waals surface area contributed by atoms with Gasteiger partial charge in [0.25, 0.3) is 5.56 Å². The first-order valence-electron chi connectivity index (χ1n) is 10.1. The molecule has 0 radical (unpaired) electrons. The van der Waals surface area contributed by atoms with Crippen LogP contribution in [-0.2, 0) is 18.3 Å². The number of imidazole rings is 2. The van der Waals surface area contributed by atoms with Crippen molar-refractivity contribution in [3.05, 3.63) is 86.7 Å². The molecule has 9 heteroatoms. The normalized spacial score (nSPS) is 11.6. The third-order valence-electron chi connectivity index (χ3n) is 5.53. The van der Waals surface area contributed by atoms with E-state index in [1.165, 1.54) is 16.2 Å². The highest BCUT2D eigenvalue weighted by atomic mass is 35.5. The topological polar surface area (TPSA) is 75.5 Å². The number of hydrogen-bond donors (Lipinski definition) is 0. The average molecular weight is 450 g/mol. The highest BCUT2D eigenvalue weighted by Crippen LogP contribution is 2.31. The Balaban J connectivity index is 1.93. The molecule has 32 heavy (non-hydrogen) atoms. The first-order chi connectivity index (χ1) is 15.5. The summed E-state index contributed by atoms with van der Waals surface area (Å²) in [7, 11) is 3.14. The second kappa shape index (κ2) is 7.81. The Labute approximate surface area is 187 Å². The number of aromatic nitrogens is 5. The van der Waals surface area contributed by atoms with Crippen LogP contribution in [0.15, 0.2) is 70.4 Å². The Hall–Kier alpha value is -3.62. The monoisotopic (exact) mass is 449 g/mol. The number of fused-ring (bicyclic) bond motifs is 3. The molecule has 3 aromatic heterocycles. The minimum Gasteiger partial charge on any atom is -0.383 e. The van der Waals surface area contributed by atoms with Crippen LogP contribution in [0.2, 0.25) is 5.02 Å². The van der Waals surface area contributed by atoms with Crippen LogP contribution in [0.1, 0.15) is 0 Å². The van der Waals surface area contributed by atoms with Gasteiger partial charge in [0.15, 0.2) is 11.2 Å². The van der Waals surface area contributed by atoms with Crippen molar-refractivity contribution in [1.82, 2.24) is 23.1 Å². The van der Waals surface area contributed by atoms with Crippen molar-refractivity contribution in [2.45, 2.75) is 6.54 Å². The van der Waals surface area contributed by atoms with E-state index in [-0.39, 0.29) is 13.2 Å². The lowest BCUT2D eigenvalue weighted by molar-refractivity contribution is 0.184. The summed E-state index contributed by atoms with van der Waals surface area (Å²) in [5, 5.41) is 0.543. The molecule has 5 aromatic rings. The van der Waals surface area contributed by atoms with E-state index in [9.17, 15) is 9.59 Å². The van der Waals surface area contributed by atoms with E-state index in [0.717, 1.165) is 16.9 Å². The van der Waals surface area contributed by atoms with Gasteiger partial charge in [0.05, 0.1) is 29.6 Å². The fraction of sp³-hybridized carbons (Fsp3) is 0.174. The van der Waals surface area contributed by atoms with Gasteiger partial charge in [0.1, 0.15) is 0 Å². The van der Waals surface area contributed by atoms with Crippen LogP contribution in [0.25, 0.3) is 33.9 Å². The average Bonchev–Trinajstić information content (AvgIpc) is 3.35. The molecule has 0 amide bonds. The van der Waals surface area contributed by atoms with Gasteiger partial charge in [-0.1, -0.05) is 54.1 Å². The van der Waals surface area contributed by atoms with E-state index in [2.05, 4.69) is 0 Å². The van der Waals surface area contributed by atoms with Gasteiger partial charge in [-0.3, -0.25) is 22.9 Å². The number of aryl methyl sites for hydroxylation is 1. The Bertz CT molecular complexity index is 1580. The molecule has 0 spiro atoms. The fourth-order valence-corrected chi connectivity index (χ4v) is 4.18. The second-order valence-electron chi connectivity index (χ2n) is 7.41. The van der Waals surface area contributed by atoms with E-state index >= 15 is 0 Å². The molecule has 0 aliphatic carbocycles. The zero-order valence-electron chi connectivity index (χ0n) is 17.5. The van der Waals surface area contributed by atoms with Crippen molar-refractivity contribution >= 4 is 28.5 Å². The SMILES string of the molecule is COCCn1c(=O)c2c(nc3n(-c4ccccc4Cl)c(-c4ccccc4)cn23)n(C)c1=O. The number of para-hydroxylation sites is 1. The van der Waals surface area contributed by atoms with Crippen LogP contribution in [0.3, 0.4) is 0 Å². The predicted molar refractivity (Wildman–Crippen MR) is 124 cm³/mol. The number of methoxy groups -OCH3 is 1. The summed E-state index contributed by atoms with van der Waals surface area (Å²) in [6.45, 7) is 0.403. The zero-order valence-corrected chi connectivity index (χ0v) is 18.3. The van der Waals surface area contributed by atoms with Crippen LogP contribution in [0.5, 0.6) is 0 Å². The van der Waals surface area contributed by atoms with E-state index in [0.29, 0.717) is 22.0 Å². The second-order valence-corrected chi connectivity index (χ2v) is 7.82.